The van der Waals surface area contributed by atoms with Crippen molar-refractivity contribution in [3.63, 3.8) is 0 Å². The SMILES string of the molecule is O=C(Nc1ncn[nH]1)C1CC1c1ccccc1F. The van der Waals surface area contributed by atoms with Gasteiger partial charge in [-0.3, -0.25) is 10.1 Å². The fraction of sp³-hybridized carbons (Fsp3) is 0.250. The third kappa shape index (κ3) is 1.97. The second kappa shape index (κ2) is 4.21. The number of halogens is 1. The summed E-state index contributed by atoms with van der Waals surface area (Å²) < 4.78 is 13.5. The summed E-state index contributed by atoms with van der Waals surface area (Å²) in [7, 11) is 0. The fourth-order valence-electron chi connectivity index (χ4n) is 2.08. The number of nitrogens with one attached hydrogen (secondary N) is 2. The van der Waals surface area contributed by atoms with Crippen molar-refractivity contribution in [3.05, 3.63) is 42.0 Å². The zero-order valence-corrected chi connectivity index (χ0v) is 9.43. The lowest BCUT2D eigenvalue weighted by molar-refractivity contribution is -0.117. The van der Waals surface area contributed by atoms with Crippen LogP contribution in [0.1, 0.15) is 17.9 Å². The van der Waals surface area contributed by atoms with E-state index in [9.17, 15) is 9.18 Å². The number of hydrogen-bond acceptors (Lipinski definition) is 3. The van der Waals surface area contributed by atoms with E-state index in [1.807, 2.05) is 0 Å². The minimum atomic E-state index is -0.252. The zero-order chi connectivity index (χ0) is 12.5. The second-order valence-electron chi connectivity index (χ2n) is 4.29. The van der Waals surface area contributed by atoms with Crippen molar-refractivity contribution in [2.75, 3.05) is 5.32 Å². The maximum atomic E-state index is 13.5. The number of benzene rings is 1. The van der Waals surface area contributed by atoms with Gasteiger partial charge >= 0.3 is 0 Å². The van der Waals surface area contributed by atoms with Crippen molar-refractivity contribution < 1.29 is 9.18 Å². The number of aromatic amines is 1. The summed E-state index contributed by atoms with van der Waals surface area (Å²) in [6, 6.07) is 6.56. The van der Waals surface area contributed by atoms with E-state index in [4.69, 9.17) is 0 Å². The molecular weight excluding hydrogens is 235 g/mol. The minimum absolute atomic E-state index is 0.0332. The van der Waals surface area contributed by atoms with Crippen molar-refractivity contribution in [2.45, 2.75) is 12.3 Å². The van der Waals surface area contributed by atoms with Crippen LogP contribution in [0, 0.1) is 11.7 Å². The molecule has 6 heteroatoms. The maximum absolute atomic E-state index is 13.5. The minimum Gasteiger partial charge on any atom is -0.295 e. The highest BCUT2D eigenvalue weighted by molar-refractivity contribution is 5.93. The third-order valence-corrected chi connectivity index (χ3v) is 3.09. The number of anilines is 1. The van der Waals surface area contributed by atoms with Gasteiger partial charge in [-0.25, -0.2) is 9.49 Å². The average Bonchev–Trinajstić information content (AvgIpc) is 3.00. The molecule has 0 aliphatic heterocycles. The van der Waals surface area contributed by atoms with Crippen molar-refractivity contribution in [3.8, 4) is 0 Å². The van der Waals surface area contributed by atoms with E-state index in [1.54, 1.807) is 18.2 Å². The normalized spacial score (nSPS) is 21.6. The van der Waals surface area contributed by atoms with E-state index >= 15 is 0 Å². The first kappa shape index (κ1) is 10.9. The highest BCUT2D eigenvalue weighted by atomic mass is 19.1. The molecule has 0 bridgehead atoms. The molecule has 1 fully saturated rings. The lowest BCUT2D eigenvalue weighted by Crippen LogP contribution is -2.15. The lowest BCUT2D eigenvalue weighted by Gasteiger charge is -2.02. The van der Waals surface area contributed by atoms with E-state index in [-0.39, 0.29) is 23.6 Å². The Hall–Kier alpha value is -2.24. The Kier molecular flexibility index (Phi) is 2.55. The number of carbonyl (C=O) groups is 1. The average molecular weight is 246 g/mol. The summed E-state index contributed by atoms with van der Waals surface area (Å²) in [5.74, 6) is -0.308. The summed E-state index contributed by atoms with van der Waals surface area (Å²) in [5.41, 5.74) is 0.607. The maximum Gasteiger partial charge on any atom is 0.230 e. The van der Waals surface area contributed by atoms with Crippen LogP contribution in [0.3, 0.4) is 0 Å². The summed E-state index contributed by atoms with van der Waals surface area (Å²) >= 11 is 0. The van der Waals surface area contributed by atoms with Gasteiger partial charge in [0.25, 0.3) is 0 Å². The molecule has 1 aliphatic rings. The Morgan fingerprint density at radius 1 is 1.44 bits per heavy atom. The number of aromatic nitrogens is 3. The Morgan fingerprint density at radius 2 is 2.28 bits per heavy atom. The van der Waals surface area contributed by atoms with Crippen molar-refractivity contribution in [1.82, 2.24) is 15.2 Å². The van der Waals surface area contributed by atoms with Crippen LogP contribution in [0.25, 0.3) is 0 Å². The van der Waals surface area contributed by atoms with Crippen molar-refractivity contribution in [2.24, 2.45) is 5.92 Å². The van der Waals surface area contributed by atoms with Gasteiger partial charge in [-0.15, -0.1) is 0 Å². The van der Waals surface area contributed by atoms with Crippen LogP contribution in [0.4, 0.5) is 10.3 Å². The largest absolute Gasteiger partial charge is 0.295 e. The Bertz CT molecular complexity index is 569. The Labute approximate surface area is 102 Å². The van der Waals surface area contributed by atoms with E-state index in [0.717, 1.165) is 0 Å². The van der Waals surface area contributed by atoms with E-state index in [2.05, 4.69) is 20.5 Å². The molecule has 1 aliphatic carbocycles. The molecule has 5 nitrogen and oxygen atoms in total. The topological polar surface area (TPSA) is 70.7 Å². The highest BCUT2D eigenvalue weighted by Crippen LogP contribution is 2.48. The second-order valence-corrected chi connectivity index (χ2v) is 4.29. The van der Waals surface area contributed by atoms with E-state index in [1.165, 1.54) is 12.4 Å². The third-order valence-electron chi connectivity index (χ3n) is 3.09. The van der Waals surface area contributed by atoms with Gasteiger partial charge in [0.15, 0.2) is 0 Å². The van der Waals surface area contributed by atoms with Gasteiger partial charge in [0.1, 0.15) is 12.1 Å². The molecule has 3 rings (SSSR count). The number of amides is 1. The highest BCUT2D eigenvalue weighted by Gasteiger charge is 2.45. The summed E-state index contributed by atoms with van der Waals surface area (Å²) in [5, 5.41) is 8.80. The molecule has 1 heterocycles. The summed E-state index contributed by atoms with van der Waals surface area (Å²) in [4.78, 5) is 15.7. The van der Waals surface area contributed by atoms with Crippen LogP contribution in [-0.4, -0.2) is 21.1 Å². The van der Waals surface area contributed by atoms with Crippen LogP contribution in [-0.2, 0) is 4.79 Å². The Balaban J connectivity index is 1.67. The Morgan fingerprint density at radius 3 is 3.00 bits per heavy atom. The quantitative estimate of drug-likeness (QED) is 0.865. The van der Waals surface area contributed by atoms with Crippen molar-refractivity contribution in [1.29, 1.82) is 0 Å². The standard InChI is InChI=1S/C12H11FN4O/c13-10-4-2-1-3-7(10)8-5-9(8)11(18)16-12-14-6-15-17-12/h1-4,6,8-9H,5H2,(H2,14,15,16,17,18). The number of H-pyrrole nitrogens is 1. The molecule has 1 aromatic heterocycles. The first-order valence-corrected chi connectivity index (χ1v) is 5.66. The molecule has 2 atom stereocenters. The summed E-state index contributed by atoms with van der Waals surface area (Å²) in [6.45, 7) is 0. The molecular formula is C12H11FN4O. The molecule has 2 aromatic rings. The predicted octanol–water partition coefficient (Wildman–Crippen LogP) is 1.69. The van der Waals surface area contributed by atoms with Gasteiger partial charge in [-0.1, -0.05) is 18.2 Å². The van der Waals surface area contributed by atoms with Crippen LogP contribution < -0.4 is 5.32 Å². The molecule has 0 radical (unpaired) electrons. The molecule has 2 N–H and O–H groups in total. The molecule has 1 amide bonds. The molecule has 0 spiro atoms. The molecule has 0 saturated heterocycles. The molecule has 2 unspecified atom stereocenters. The number of nitrogens with zero attached hydrogens (tertiary/aromatic N) is 2. The number of hydrogen-bond donors (Lipinski definition) is 2. The van der Waals surface area contributed by atoms with Crippen molar-refractivity contribution >= 4 is 11.9 Å². The first-order valence-electron chi connectivity index (χ1n) is 5.66. The zero-order valence-electron chi connectivity index (χ0n) is 9.43. The van der Waals surface area contributed by atoms with Gasteiger partial charge in [0.2, 0.25) is 11.9 Å². The van der Waals surface area contributed by atoms with Crippen LogP contribution in [0.15, 0.2) is 30.6 Å². The first-order chi connectivity index (χ1) is 8.75. The smallest absolute Gasteiger partial charge is 0.230 e. The molecule has 1 saturated carbocycles. The number of rotatable bonds is 3. The molecule has 92 valence electrons. The monoisotopic (exact) mass is 246 g/mol. The van der Waals surface area contributed by atoms with Crippen LogP contribution >= 0.6 is 0 Å². The van der Waals surface area contributed by atoms with Gasteiger partial charge in [-0.2, -0.15) is 10.1 Å². The lowest BCUT2D eigenvalue weighted by atomic mass is 10.1. The predicted molar refractivity (Wildman–Crippen MR) is 62.3 cm³/mol. The molecule has 1 aromatic carbocycles. The molecule has 18 heavy (non-hydrogen) atoms. The summed E-state index contributed by atoms with van der Waals surface area (Å²) in [6.07, 6.45) is 1.98. The van der Waals surface area contributed by atoms with Gasteiger partial charge in [0.05, 0.1) is 0 Å². The van der Waals surface area contributed by atoms with Gasteiger partial charge in [-0.05, 0) is 24.0 Å². The number of carbonyl (C=O) groups excluding carboxylic acids is 1. The van der Waals surface area contributed by atoms with E-state index in [0.29, 0.717) is 17.9 Å². The van der Waals surface area contributed by atoms with Gasteiger partial charge < -0.3 is 0 Å². The fourth-order valence-corrected chi connectivity index (χ4v) is 2.08. The van der Waals surface area contributed by atoms with Crippen LogP contribution in [0.2, 0.25) is 0 Å². The van der Waals surface area contributed by atoms with Gasteiger partial charge in [0, 0.05) is 5.92 Å². The van der Waals surface area contributed by atoms with Crippen LogP contribution in [0.5, 0.6) is 0 Å². The van der Waals surface area contributed by atoms with E-state index < -0.39 is 0 Å².